The Balaban J connectivity index is 1.97. The van der Waals surface area contributed by atoms with Crippen LogP contribution >= 0.6 is 0 Å². The van der Waals surface area contributed by atoms with E-state index in [0.29, 0.717) is 16.9 Å². The molecule has 0 spiro atoms. The van der Waals surface area contributed by atoms with Gasteiger partial charge in [0.05, 0.1) is 20.3 Å². The molecule has 2 aromatic rings. The van der Waals surface area contributed by atoms with Crippen LogP contribution in [-0.4, -0.2) is 31.9 Å². The molecule has 0 amide bonds. The van der Waals surface area contributed by atoms with Gasteiger partial charge in [0.15, 0.2) is 0 Å². The molecule has 0 atom stereocenters. The van der Waals surface area contributed by atoms with Gasteiger partial charge in [-0.1, -0.05) is 30.3 Å². The lowest BCUT2D eigenvalue weighted by molar-refractivity contribution is -0.179. The molecule has 0 bridgehead atoms. The van der Waals surface area contributed by atoms with Gasteiger partial charge in [-0.3, -0.25) is 9.59 Å². The monoisotopic (exact) mass is 312 g/mol. The van der Waals surface area contributed by atoms with E-state index in [-0.39, 0.29) is 13.2 Å². The Kier molecular flexibility index (Phi) is 4.23. The van der Waals surface area contributed by atoms with Gasteiger partial charge in [-0.05, 0) is 24.3 Å². The number of carbonyl (C=O) groups excluding carboxylic acids is 2. The minimum absolute atomic E-state index is 0.250. The predicted molar refractivity (Wildman–Crippen MR) is 82.4 cm³/mol. The van der Waals surface area contributed by atoms with E-state index in [2.05, 4.69) is 0 Å². The summed E-state index contributed by atoms with van der Waals surface area (Å²) < 4.78 is 16.3. The first kappa shape index (κ1) is 15.4. The molecule has 23 heavy (non-hydrogen) atoms. The van der Waals surface area contributed by atoms with Crippen molar-refractivity contribution in [1.82, 2.24) is 0 Å². The molecular weight excluding hydrogens is 296 g/mol. The molecule has 0 aliphatic carbocycles. The highest BCUT2D eigenvalue weighted by molar-refractivity contribution is 6.45. The van der Waals surface area contributed by atoms with E-state index in [1.54, 1.807) is 61.7 Å². The van der Waals surface area contributed by atoms with E-state index >= 15 is 0 Å². The smallest absolute Gasteiger partial charge is 0.267 e. The van der Waals surface area contributed by atoms with Crippen LogP contribution in [0.1, 0.15) is 15.9 Å². The fourth-order valence-electron chi connectivity index (χ4n) is 2.52. The molecule has 0 aromatic heterocycles. The van der Waals surface area contributed by atoms with E-state index in [0.717, 1.165) is 0 Å². The van der Waals surface area contributed by atoms with Gasteiger partial charge in [0, 0.05) is 11.1 Å². The molecule has 0 saturated carbocycles. The van der Waals surface area contributed by atoms with Gasteiger partial charge in [-0.25, -0.2) is 0 Å². The largest absolute Gasteiger partial charge is 0.497 e. The van der Waals surface area contributed by atoms with Crippen LogP contribution in [0.4, 0.5) is 0 Å². The summed E-state index contributed by atoms with van der Waals surface area (Å²) in [5.41, 5.74) is 0.787. The van der Waals surface area contributed by atoms with Gasteiger partial charge in [0.2, 0.25) is 5.78 Å². The summed E-state index contributed by atoms with van der Waals surface area (Å²) in [6.45, 7) is 0.500. The van der Waals surface area contributed by atoms with Crippen molar-refractivity contribution in [2.45, 2.75) is 5.79 Å². The van der Waals surface area contributed by atoms with Crippen LogP contribution in [0.5, 0.6) is 5.75 Å². The second-order valence-corrected chi connectivity index (χ2v) is 5.07. The summed E-state index contributed by atoms with van der Waals surface area (Å²) >= 11 is 0. The number of rotatable bonds is 5. The van der Waals surface area contributed by atoms with Gasteiger partial charge in [0.1, 0.15) is 5.75 Å². The van der Waals surface area contributed by atoms with E-state index in [9.17, 15) is 9.59 Å². The molecule has 5 heteroatoms. The molecule has 1 heterocycles. The summed E-state index contributed by atoms with van der Waals surface area (Å²) in [5, 5.41) is 0. The SMILES string of the molecule is COc1ccc(C2(C(=O)C(=O)c3ccccc3)OCCO2)cc1. The first-order valence-electron chi connectivity index (χ1n) is 7.24. The lowest BCUT2D eigenvalue weighted by Crippen LogP contribution is -2.41. The number of ketones is 2. The Labute approximate surface area is 133 Å². The Morgan fingerprint density at radius 1 is 0.957 bits per heavy atom. The zero-order chi connectivity index (χ0) is 16.3. The van der Waals surface area contributed by atoms with Gasteiger partial charge in [-0.2, -0.15) is 0 Å². The van der Waals surface area contributed by atoms with Crippen molar-refractivity contribution in [2.75, 3.05) is 20.3 Å². The third-order valence-corrected chi connectivity index (χ3v) is 3.71. The minimum atomic E-state index is -1.68. The molecule has 1 saturated heterocycles. The van der Waals surface area contributed by atoms with Crippen molar-refractivity contribution >= 4 is 11.6 Å². The summed E-state index contributed by atoms with van der Waals surface area (Å²) in [5.74, 6) is -2.41. The average molecular weight is 312 g/mol. The summed E-state index contributed by atoms with van der Waals surface area (Å²) in [6.07, 6.45) is 0. The molecule has 5 nitrogen and oxygen atoms in total. The second-order valence-electron chi connectivity index (χ2n) is 5.07. The summed E-state index contributed by atoms with van der Waals surface area (Å²) in [4.78, 5) is 25.3. The van der Waals surface area contributed by atoms with Crippen LogP contribution in [0.25, 0.3) is 0 Å². The first-order chi connectivity index (χ1) is 11.2. The quantitative estimate of drug-likeness (QED) is 0.626. The molecule has 1 fully saturated rings. The van der Waals surface area contributed by atoms with Crippen molar-refractivity contribution in [2.24, 2.45) is 0 Å². The molecule has 2 aromatic carbocycles. The Hall–Kier alpha value is -2.50. The molecule has 1 aliphatic heterocycles. The average Bonchev–Trinajstić information content (AvgIpc) is 3.12. The van der Waals surface area contributed by atoms with Crippen LogP contribution in [0.15, 0.2) is 54.6 Å². The van der Waals surface area contributed by atoms with E-state index < -0.39 is 17.4 Å². The highest BCUT2D eigenvalue weighted by atomic mass is 16.7. The number of ether oxygens (including phenoxy) is 3. The standard InChI is InChI=1S/C18H16O5/c1-21-15-9-7-14(8-10-15)18(22-11-12-23-18)17(20)16(19)13-5-3-2-4-6-13/h2-10H,11-12H2,1H3. The zero-order valence-corrected chi connectivity index (χ0v) is 12.7. The number of benzene rings is 2. The van der Waals surface area contributed by atoms with Gasteiger partial charge < -0.3 is 14.2 Å². The lowest BCUT2D eigenvalue weighted by Gasteiger charge is -2.25. The van der Waals surface area contributed by atoms with Crippen LogP contribution in [0, 0.1) is 0 Å². The maximum absolute atomic E-state index is 12.8. The number of carbonyl (C=O) groups is 2. The zero-order valence-electron chi connectivity index (χ0n) is 12.7. The third-order valence-electron chi connectivity index (χ3n) is 3.71. The van der Waals surface area contributed by atoms with Crippen LogP contribution in [0.3, 0.4) is 0 Å². The van der Waals surface area contributed by atoms with Gasteiger partial charge in [0.25, 0.3) is 11.6 Å². The van der Waals surface area contributed by atoms with Crippen molar-refractivity contribution in [3.63, 3.8) is 0 Å². The summed E-state index contributed by atoms with van der Waals surface area (Å²) in [7, 11) is 1.55. The first-order valence-corrected chi connectivity index (χ1v) is 7.24. The van der Waals surface area contributed by atoms with E-state index in [1.165, 1.54) is 0 Å². The molecule has 0 unspecified atom stereocenters. The molecule has 1 aliphatic rings. The highest BCUT2D eigenvalue weighted by Gasteiger charge is 2.49. The van der Waals surface area contributed by atoms with Crippen molar-refractivity contribution in [3.05, 3.63) is 65.7 Å². The predicted octanol–water partition coefficient (Wildman–Crippen LogP) is 2.35. The number of hydrogen-bond acceptors (Lipinski definition) is 5. The summed E-state index contributed by atoms with van der Waals surface area (Å²) in [6, 6.07) is 15.1. The number of hydrogen-bond donors (Lipinski definition) is 0. The third kappa shape index (κ3) is 2.76. The molecule has 0 radical (unpaired) electrons. The van der Waals surface area contributed by atoms with Crippen molar-refractivity contribution < 1.29 is 23.8 Å². The maximum Gasteiger partial charge on any atom is 0.267 e. The fourth-order valence-corrected chi connectivity index (χ4v) is 2.52. The van der Waals surface area contributed by atoms with Crippen LogP contribution in [0.2, 0.25) is 0 Å². The Morgan fingerprint density at radius 2 is 1.57 bits per heavy atom. The molecule has 0 N–H and O–H groups in total. The minimum Gasteiger partial charge on any atom is -0.497 e. The molecule has 3 rings (SSSR count). The van der Waals surface area contributed by atoms with Crippen molar-refractivity contribution in [3.8, 4) is 5.75 Å². The van der Waals surface area contributed by atoms with Crippen molar-refractivity contribution in [1.29, 1.82) is 0 Å². The number of Topliss-reactive ketones (excluding diaryl/α,β-unsaturated/α-hetero) is 2. The lowest BCUT2D eigenvalue weighted by atomic mass is 9.95. The Bertz CT molecular complexity index is 700. The topological polar surface area (TPSA) is 61.8 Å². The molecule has 118 valence electrons. The normalized spacial score (nSPS) is 16.0. The second kappa shape index (κ2) is 6.32. The fraction of sp³-hybridized carbons (Fsp3) is 0.222. The molecular formula is C18H16O5. The number of methoxy groups -OCH3 is 1. The van der Waals surface area contributed by atoms with E-state index in [4.69, 9.17) is 14.2 Å². The Morgan fingerprint density at radius 3 is 2.13 bits per heavy atom. The van der Waals surface area contributed by atoms with Crippen LogP contribution < -0.4 is 4.74 Å². The van der Waals surface area contributed by atoms with Gasteiger partial charge >= 0.3 is 0 Å². The van der Waals surface area contributed by atoms with Gasteiger partial charge in [-0.15, -0.1) is 0 Å². The van der Waals surface area contributed by atoms with E-state index in [1.807, 2.05) is 0 Å². The maximum atomic E-state index is 12.8. The van der Waals surface area contributed by atoms with Crippen LogP contribution in [-0.2, 0) is 20.1 Å². The highest BCUT2D eigenvalue weighted by Crippen LogP contribution is 2.34.